The molecule has 0 atom stereocenters. The maximum atomic E-state index is 12.0. The summed E-state index contributed by atoms with van der Waals surface area (Å²) >= 11 is 0. The Bertz CT molecular complexity index is 369. The third kappa shape index (κ3) is 3.03. The van der Waals surface area contributed by atoms with E-state index in [0.717, 1.165) is 0 Å². The molecule has 3 amide bonds. The number of amides is 3. The monoisotopic (exact) mass is 241 g/mol. The molecule has 0 spiro atoms. The van der Waals surface area contributed by atoms with Crippen molar-refractivity contribution in [2.24, 2.45) is 5.73 Å². The Morgan fingerprint density at radius 3 is 2.47 bits per heavy atom. The topological polar surface area (TPSA) is 92.5 Å². The lowest BCUT2D eigenvalue weighted by Gasteiger charge is -2.41. The normalized spacial score (nSPS) is 20.2. The van der Waals surface area contributed by atoms with Crippen LogP contribution in [0.25, 0.3) is 0 Å². The second-order valence-corrected chi connectivity index (χ2v) is 5.58. The van der Waals surface area contributed by atoms with Gasteiger partial charge in [0.25, 0.3) is 5.91 Å². The van der Waals surface area contributed by atoms with Gasteiger partial charge in [0.1, 0.15) is 12.1 Å². The number of nitrogens with zero attached hydrogens (tertiary/aromatic N) is 1. The summed E-state index contributed by atoms with van der Waals surface area (Å²) in [6.07, 6.45) is 0.0942. The van der Waals surface area contributed by atoms with E-state index >= 15 is 0 Å². The summed E-state index contributed by atoms with van der Waals surface area (Å²) in [5, 5.41) is 2.21. The van der Waals surface area contributed by atoms with Gasteiger partial charge < -0.3 is 10.6 Å². The first kappa shape index (κ1) is 13.6. The van der Waals surface area contributed by atoms with Crippen LogP contribution in [0.15, 0.2) is 0 Å². The number of piperazine rings is 1. The van der Waals surface area contributed by atoms with Crippen LogP contribution in [0, 0.1) is 0 Å². The highest BCUT2D eigenvalue weighted by atomic mass is 16.2. The predicted octanol–water partition coefficient (Wildman–Crippen LogP) is -0.623. The van der Waals surface area contributed by atoms with E-state index in [4.69, 9.17) is 5.73 Å². The highest BCUT2D eigenvalue weighted by Gasteiger charge is 2.43. The maximum absolute atomic E-state index is 12.0. The van der Waals surface area contributed by atoms with Crippen molar-refractivity contribution in [3.8, 4) is 0 Å². The Kier molecular flexibility index (Phi) is 3.29. The highest BCUT2D eigenvalue weighted by molar-refractivity contribution is 6.06. The van der Waals surface area contributed by atoms with Crippen molar-refractivity contribution in [3.05, 3.63) is 0 Å². The van der Waals surface area contributed by atoms with Gasteiger partial charge in [-0.2, -0.15) is 0 Å². The summed E-state index contributed by atoms with van der Waals surface area (Å²) in [5.74, 6) is -1.21. The third-order valence-corrected chi connectivity index (χ3v) is 2.69. The van der Waals surface area contributed by atoms with E-state index in [1.807, 2.05) is 0 Å². The lowest BCUT2D eigenvalue weighted by atomic mass is 9.95. The number of hydrogen-bond donors (Lipinski definition) is 2. The van der Waals surface area contributed by atoms with Crippen molar-refractivity contribution >= 4 is 17.7 Å². The van der Waals surface area contributed by atoms with E-state index in [-0.39, 0.29) is 18.9 Å². The predicted molar refractivity (Wildman–Crippen MR) is 61.8 cm³/mol. The molecule has 1 aliphatic rings. The molecule has 6 heteroatoms. The van der Waals surface area contributed by atoms with Gasteiger partial charge in [0, 0.05) is 12.0 Å². The quantitative estimate of drug-likeness (QED) is 0.630. The fourth-order valence-corrected chi connectivity index (χ4v) is 1.67. The summed E-state index contributed by atoms with van der Waals surface area (Å²) in [4.78, 5) is 36.2. The van der Waals surface area contributed by atoms with Crippen LogP contribution < -0.4 is 11.1 Å². The van der Waals surface area contributed by atoms with Crippen molar-refractivity contribution in [3.63, 3.8) is 0 Å². The largest absolute Gasteiger partial charge is 0.325 e. The van der Waals surface area contributed by atoms with Crippen LogP contribution in [0.4, 0.5) is 0 Å². The van der Waals surface area contributed by atoms with Gasteiger partial charge in [-0.05, 0) is 27.7 Å². The van der Waals surface area contributed by atoms with Crippen LogP contribution in [0.3, 0.4) is 0 Å². The molecule has 1 rings (SSSR count). The molecule has 0 aliphatic carbocycles. The van der Waals surface area contributed by atoms with Crippen molar-refractivity contribution < 1.29 is 14.4 Å². The molecular formula is C11H19N3O3. The Morgan fingerprint density at radius 1 is 1.47 bits per heavy atom. The lowest BCUT2D eigenvalue weighted by molar-refractivity contribution is -0.156. The van der Waals surface area contributed by atoms with Crippen LogP contribution in [0.5, 0.6) is 0 Å². The van der Waals surface area contributed by atoms with Crippen molar-refractivity contribution in [1.29, 1.82) is 0 Å². The van der Waals surface area contributed by atoms with E-state index < -0.39 is 22.9 Å². The molecule has 0 bridgehead atoms. The molecule has 0 aromatic carbocycles. The zero-order chi connectivity index (χ0) is 13.4. The lowest BCUT2D eigenvalue weighted by Crippen LogP contribution is -2.66. The van der Waals surface area contributed by atoms with Crippen molar-refractivity contribution in [2.45, 2.75) is 45.2 Å². The molecule has 0 unspecified atom stereocenters. The van der Waals surface area contributed by atoms with Crippen LogP contribution in [0.2, 0.25) is 0 Å². The minimum atomic E-state index is -1.02. The van der Waals surface area contributed by atoms with E-state index in [9.17, 15) is 14.4 Å². The van der Waals surface area contributed by atoms with Gasteiger partial charge in [-0.3, -0.25) is 19.7 Å². The molecule has 1 heterocycles. The van der Waals surface area contributed by atoms with Crippen LogP contribution in [-0.4, -0.2) is 40.2 Å². The Balaban J connectivity index is 2.90. The molecule has 0 radical (unpaired) electrons. The van der Waals surface area contributed by atoms with E-state index in [1.54, 1.807) is 27.7 Å². The Morgan fingerprint density at radius 2 is 2.00 bits per heavy atom. The molecule has 96 valence electrons. The Hall–Kier alpha value is -1.43. The molecular weight excluding hydrogens is 222 g/mol. The average molecular weight is 241 g/mol. The molecule has 17 heavy (non-hydrogen) atoms. The summed E-state index contributed by atoms with van der Waals surface area (Å²) in [6, 6.07) is 0. The van der Waals surface area contributed by atoms with Crippen LogP contribution >= 0.6 is 0 Å². The van der Waals surface area contributed by atoms with Gasteiger partial charge in [0.2, 0.25) is 11.8 Å². The number of rotatable bonds is 2. The summed E-state index contributed by atoms with van der Waals surface area (Å²) < 4.78 is 0. The number of hydrogen-bond acceptors (Lipinski definition) is 4. The second-order valence-electron chi connectivity index (χ2n) is 5.58. The second kappa shape index (κ2) is 4.10. The number of carbonyl (C=O) groups is 3. The van der Waals surface area contributed by atoms with Gasteiger partial charge in [0.05, 0.1) is 0 Å². The summed E-state index contributed by atoms with van der Waals surface area (Å²) in [5.41, 5.74) is 4.09. The fraction of sp³-hybridized carbons (Fsp3) is 0.727. The standard InChI is InChI=1S/C11H19N3O3/c1-10(2,12)5-8(16)14-6-7(15)13-9(17)11(14,3)4/h5-6,12H2,1-4H3,(H,13,15,17). The molecule has 1 fully saturated rings. The van der Waals surface area contributed by atoms with Gasteiger partial charge in [0.15, 0.2) is 0 Å². The summed E-state index contributed by atoms with van der Waals surface area (Å²) in [7, 11) is 0. The first-order chi connectivity index (χ1) is 7.54. The average Bonchev–Trinajstić information content (AvgIpc) is 2.08. The SMILES string of the molecule is CC(C)(N)CC(=O)N1CC(=O)NC(=O)C1(C)C. The molecule has 1 aliphatic heterocycles. The van der Waals surface area contributed by atoms with E-state index in [1.165, 1.54) is 4.90 Å². The van der Waals surface area contributed by atoms with Crippen LogP contribution in [-0.2, 0) is 14.4 Å². The maximum Gasteiger partial charge on any atom is 0.252 e. The van der Waals surface area contributed by atoms with Crippen molar-refractivity contribution in [1.82, 2.24) is 10.2 Å². The van der Waals surface area contributed by atoms with Gasteiger partial charge in [-0.15, -0.1) is 0 Å². The molecule has 0 aromatic heterocycles. The zero-order valence-electron chi connectivity index (χ0n) is 10.7. The minimum absolute atomic E-state index is 0.0942. The number of nitrogens with one attached hydrogen (secondary N) is 1. The first-order valence-electron chi connectivity index (χ1n) is 5.48. The van der Waals surface area contributed by atoms with Crippen LogP contribution in [0.1, 0.15) is 34.1 Å². The van der Waals surface area contributed by atoms with Crippen molar-refractivity contribution in [2.75, 3.05) is 6.54 Å². The molecule has 0 aromatic rings. The molecule has 0 saturated carbocycles. The Labute approximate surface area is 101 Å². The molecule has 1 saturated heterocycles. The number of carbonyl (C=O) groups excluding carboxylic acids is 3. The zero-order valence-corrected chi connectivity index (χ0v) is 10.7. The smallest absolute Gasteiger partial charge is 0.252 e. The first-order valence-corrected chi connectivity index (χ1v) is 5.48. The van der Waals surface area contributed by atoms with E-state index in [2.05, 4.69) is 5.32 Å². The highest BCUT2D eigenvalue weighted by Crippen LogP contribution is 2.20. The summed E-state index contributed by atoms with van der Waals surface area (Å²) in [6.45, 7) is 6.56. The van der Waals surface area contributed by atoms with Gasteiger partial charge in [-0.25, -0.2) is 0 Å². The molecule has 3 N–H and O–H groups in total. The third-order valence-electron chi connectivity index (χ3n) is 2.69. The van der Waals surface area contributed by atoms with Gasteiger partial charge >= 0.3 is 0 Å². The fourth-order valence-electron chi connectivity index (χ4n) is 1.67. The minimum Gasteiger partial charge on any atom is -0.325 e. The van der Waals surface area contributed by atoms with Gasteiger partial charge in [-0.1, -0.05) is 0 Å². The molecule has 6 nitrogen and oxygen atoms in total. The number of imide groups is 1. The van der Waals surface area contributed by atoms with E-state index in [0.29, 0.717) is 0 Å². The number of nitrogens with two attached hydrogens (primary N) is 1.